The molecule has 142 valence electrons. The predicted octanol–water partition coefficient (Wildman–Crippen LogP) is 4.02. The number of rotatable bonds is 6. The van der Waals surface area contributed by atoms with Gasteiger partial charge < -0.3 is 18.7 Å². The van der Waals surface area contributed by atoms with E-state index in [0.29, 0.717) is 39.7 Å². The van der Waals surface area contributed by atoms with Gasteiger partial charge in [-0.3, -0.25) is 0 Å². The van der Waals surface area contributed by atoms with Crippen LogP contribution in [0, 0.1) is 5.82 Å². The van der Waals surface area contributed by atoms with Crippen molar-refractivity contribution in [2.75, 3.05) is 14.2 Å². The summed E-state index contributed by atoms with van der Waals surface area (Å²) >= 11 is 0. The minimum Gasteiger partial charge on any atom is -0.493 e. The Bertz CT molecular complexity index is 1110. The van der Waals surface area contributed by atoms with Gasteiger partial charge in [-0.25, -0.2) is 14.4 Å². The largest absolute Gasteiger partial charge is 0.493 e. The van der Waals surface area contributed by atoms with Gasteiger partial charge in [0.15, 0.2) is 23.9 Å². The van der Waals surface area contributed by atoms with Crippen molar-refractivity contribution >= 4 is 10.9 Å². The topological polar surface area (TPSA) is 79.5 Å². The third-order valence-corrected chi connectivity index (χ3v) is 4.15. The van der Waals surface area contributed by atoms with Crippen molar-refractivity contribution in [2.45, 2.75) is 6.61 Å². The van der Waals surface area contributed by atoms with E-state index in [1.54, 1.807) is 44.6 Å². The summed E-state index contributed by atoms with van der Waals surface area (Å²) in [5.41, 5.74) is 2.01. The SMILES string of the molecule is COc1cc2ncnc(OCc3cc(-c4ccc(F)cc4)no3)c2cc1OC. The molecule has 0 radical (unpaired) electrons. The Labute approximate surface area is 159 Å². The van der Waals surface area contributed by atoms with Gasteiger partial charge in [-0.15, -0.1) is 0 Å². The quantitative estimate of drug-likeness (QED) is 0.499. The van der Waals surface area contributed by atoms with Crippen molar-refractivity contribution in [1.82, 2.24) is 15.1 Å². The number of aromatic nitrogens is 3. The van der Waals surface area contributed by atoms with Crippen molar-refractivity contribution in [3.05, 3.63) is 60.4 Å². The zero-order valence-corrected chi connectivity index (χ0v) is 15.2. The van der Waals surface area contributed by atoms with E-state index in [9.17, 15) is 4.39 Å². The van der Waals surface area contributed by atoms with E-state index in [2.05, 4.69) is 15.1 Å². The van der Waals surface area contributed by atoms with Crippen molar-refractivity contribution in [1.29, 1.82) is 0 Å². The fraction of sp³-hybridized carbons (Fsp3) is 0.150. The van der Waals surface area contributed by atoms with Crippen LogP contribution in [0.1, 0.15) is 5.76 Å². The predicted molar refractivity (Wildman–Crippen MR) is 98.9 cm³/mol. The van der Waals surface area contributed by atoms with E-state index >= 15 is 0 Å². The molecule has 2 heterocycles. The Balaban J connectivity index is 1.57. The van der Waals surface area contributed by atoms with Crippen LogP contribution in [-0.4, -0.2) is 29.3 Å². The first-order chi connectivity index (χ1) is 13.7. The monoisotopic (exact) mass is 381 g/mol. The maximum absolute atomic E-state index is 13.1. The Morgan fingerprint density at radius 1 is 0.964 bits per heavy atom. The van der Waals surface area contributed by atoms with Gasteiger partial charge in [0.2, 0.25) is 5.88 Å². The standard InChI is InChI=1S/C20H16FN3O4/c1-25-18-8-15-17(9-19(18)26-2)22-11-23-20(15)27-10-14-7-16(24-28-14)12-3-5-13(21)6-4-12/h3-9,11H,10H2,1-2H3. The van der Waals surface area contributed by atoms with E-state index in [4.69, 9.17) is 18.7 Å². The average molecular weight is 381 g/mol. The molecule has 2 aromatic heterocycles. The molecule has 0 amide bonds. The Morgan fingerprint density at radius 2 is 1.71 bits per heavy atom. The van der Waals surface area contributed by atoms with Crippen molar-refractivity contribution in [3.8, 4) is 28.6 Å². The molecule has 0 spiro atoms. The molecule has 7 nitrogen and oxygen atoms in total. The first kappa shape index (κ1) is 17.7. The molecule has 0 aliphatic carbocycles. The van der Waals surface area contributed by atoms with Gasteiger partial charge in [0, 0.05) is 17.7 Å². The zero-order valence-electron chi connectivity index (χ0n) is 15.2. The van der Waals surface area contributed by atoms with Crippen LogP contribution < -0.4 is 14.2 Å². The van der Waals surface area contributed by atoms with E-state index < -0.39 is 0 Å². The molecule has 0 unspecified atom stereocenters. The number of methoxy groups -OCH3 is 2. The van der Waals surface area contributed by atoms with Gasteiger partial charge in [0.1, 0.15) is 17.8 Å². The highest BCUT2D eigenvalue weighted by Gasteiger charge is 2.13. The molecule has 0 aliphatic heterocycles. The molecule has 0 aliphatic rings. The van der Waals surface area contributed by atoms with Crippen molar-refractivity contribution in [3.63, 3.8) is 0 Å². The van der Waals surface area contributed by atoms with Crippen molar-refractivity contribution < 1.29 is 23.1 Å². The summed E-state index contributed by atoms with van der Waals surface area (Å²) in [4.78, 5) is 8.43. The molecule has 28 heavy (non-hydrogen) atoms. The molecule has 0 fully saturated rings. The second-order valence-corrected chi connectivity index (χ2v) is 5.88. The number of ether oxygens (including phenoxy) is 3. The molecule has 8 heteroatoms. The number of nitrogens with zero attached hydrogens (tertiary/aromatic N) is 3. The lowest BCUT2D eigenvalue weighted by atomic mass is 10.1. The molecule has 4 rings (SSSR count). The fourth-order valence-electron chi connectivity index (χ4n) is 2.75. The normalized spacial score (nSPS) is 10.8. The summed E-state index contributed by atoms with van der Waals surface area (Å²) in [7, 11) is 3.12. The lowest BCUT2D eigenvalue weighted by Gasteiger charge is -2.10. The third-order valence-electron chi connectivity index (χ3n) is 4.15. The number of hydrogen-bond donors (Lipinski definition) is 0. The summed E-state index contributed by atoms with van der Waals surface area (Å²) in [6, 6.07) is 11.3. The molecule has 2 aromatic carbocycles. The van der Waals surface area contributed by atoms with Crippen molar-refractivity contribution in [2.24, 2.45) is 0 Å². The highest BCUT2D eigenvalue weighted by molar-refractivity contribution is 5.86. The first-order valence-corrected chi connectivity index (χ1v) is 8.39. The second kappa shape index (κ2) is 7.51. The van der Waals surface area contributed by atoms with Gasteiger partial charge in [0.05, 0.1) is 25.1 Å². The summed E-state index contributed by atoms with van der Waals surface area (Å²) in [6.07, 6.45) is 1.41. The van der Waals surface area contributed by atoms with E-state index in [-0.39, 0.29) is 12.4 Å². The smallest absolute Gasteiger partial charge is 0.225 e. The summed E-state index contributed by atoms with van der Waals surface area (Å²) in [5.74, 6) is 1.70. The van der Waals surface area contributed by atoms with Gasteiger partial charge >= 0.3 is 0 Å². The van der Waals surface area contributed by atoms with Gasteiger partial charge in [-0.05, 0) is 30.3 Å². The molecule has 0 N–H and O–H groups in total. The summed E-state index contributed by atoms with van der Waals surface area (Å²) in [6.45, 7) is 0.120. The number of hydrogen-bond acceptors (Lipinski definition) is 7. The second-order valence-electron chi connectivity index (χ2n) is 5.88. The van der Waals surface area contributed by atoms with Crippen LogP contribution in [0.3, 0.4) is 0 Å². The summed E-state index contributed by atoms with van der Waals surface area (Å²) in [5, 5.41) is 4.67. The third kappa shape index (κ3) is 3.44. The highest BCUT2D eigenvalue weighted by atomic mass is 19.1. The van der Waals surface area contributed by atoms with Gasteiger partial charge in [0.25, 0.3) is 0 Å². The molecule has 0 bridgehead atoms. The number of fused-ring (bicyclic) bond motifs is 1. The number of benzene rings is 2. The van der Waals surface area contributed by atoms with E-state index in [1.807, 2.05) is 0 Å². The molecular formula is C20H16FN3O4. The number of halogens is 1. The molecular weight excluding hydrogens is 365 g/mol. The molecule has 0 atom stereocenters. The highest BCUT2D eigenvalue weighted by Crippen LogP contribution is 2.34. The maximum Gasteiger partial charge on any atom is 0.225 e. The van der Waals surface area contributed by atoms with Crippen LogP contribution in [-0.2, 0) is 6.61 Å². The lowest BCUT2D eigenvalue weighted by Crippen LogP contribution is -1.99. The van der Waals surface area contributed by atoms with Crippen LogP contribution in [0.25, 0.3) is 22.2 Å². The van der Waals surface area contributed by atoms with E-state index in [0.717, 1.165) is 5.56 Å². The minimum atomic E-state index is -0.307. The van der Waals surface area contributed by atoms with E-state index in [1.165, 1.54) is 18.5 Å². The average Bonchev–Trinajstić information content (AvgIpc) is 3.20. The first-order valence-electron chi connectivity index (χ1n) is 8.39. The van der Waals surface area contributed by atoms with Crippen LogP contribution in [0.2, 0.25) is 0 Å². The maximum atomic E-state index is 13.1. The Hall–Kier alpha value is -3.68. The lowest BCUT2D eigenvalue weighted by molar-refractivity contribution is 0.244. The van der Waals surface area contributed by atoms with Crippen LogP contribution >= 0.6 is 0 Å². The van der Waals surface area contributed by atoms with Crippen LogP contribution in [0.15, 0.2) is 53.3 Å². The Morgan fingerprint density at radius 3 is 2.46 bits per heavy atom. The zero-order chi connectivity index (χ0) is 19.5. The fourth-order valence-corrected chi connectivity index (χ4v) is 2.75. The van der Waals surface area contributed by atoms with Crippen LogP contribution in [0.4, 0.5) is 4.39 Å². The Kier molecular flexibility index (Phi) is 4.76. The molecule has 0 saturated heterocycles. The molecule has 4 aromatic rings. The van der Waals surface area contributed by atoms with Gasteiger partial charge in [-0.2, -0.15) is 0 Å². The van der Waals surface area contributed by atoms with Crippen LogP contribution in [0.5, 0.6) is 17.4 Å². The molecule has 0 saturated carbocycles. The summed E-state index contributed by atoms with van der Waals surface area (Å²) < 4.78 is 34.8. The van der Waals surface area contributed by atoms with Gasteiger partial charge in [-0.1, -0.05) is 5.16 Å². The minimum absolute atomic E-state index is 0.120.